The van der Waals surface area contributed by atoms with Gasteiger partial charge in [0.05, 0.1) is 5.56 Å². The maximum absolute atomic E-state index is 14.7. The molecule has 8 rings (SSSR count). The first-order valence-corrected chi connectivity index (χ1v) is 35.3. The minimum absolute atomic E-state index is 0.0354. The van der Waals surface area contributed by atoms with Gasteiger partial charge in [-0.2, -0.15) is 17.2 Å². The third-order valence-corrected chi connectivity index (χ3v) is 18.1. The summed E-state index contributed by atoms with van der Waals surface area (Å²) in [4.78, 5) is 77.5. The van der Waals surface area contributed by atoms with Crippen molar-refractivity contribution in [3.8, 4) is 0 Å². The highest BCUT2D eigenvalue weighted by molar-refractivity contribution is 7.90. The van der Waals surface area contributed by atoms with Crippen molar-refractivity contribution in [3.05, 3.63) is 155 Å². The van der Waals surface area contributed by atoms with Crippen molar-refractivity contribution in [2.45, 2.75) is 217 Å². The number of carboxylic acids is 1. The molecule has 3 amide bonds. The van der Waals surface area contributed by atoms with Crippen LogP contribution in [0.25, 0.3) is 0 Å². The van der Waals surface area contributed by atoms with Crippen LogP contribution in [-0.2, 0) is 53.2 Å². The van der Waals surface area contributed by atoms with Crippen LogP contribution in [0, 0.1) is 23.7 Å². The van der Waals surface area contributed by atoms with Crippen LogP contribution in [0.15, 0.2) is 120 Å². The van der Waals surface area contributed by atoms with E-state index in [2.05, 4.69) is 54.4 Å². The van der Waals surface area contributed by atoms with E-state index in [-0.39, 0.29) is 57.5 Å². The van der Waals surface area contributed by atoms with Gasteiger partial charge in [0.2, 0.25) is 11.9 Å². The Hall–Kier alpha value is -8.30. The molecule has 6 aromatic heterocycles. The maximum Gasteiger partial charge on any atom is 0.410 e. The van der Waals surface area contributed by atoms with Crippen molar-refractivity contribution in [2.24, 2.45) is 17.0 Å². The fraction of sp³-hybridized carbons (Fsp3) is 0.514. The molecule has 4 atom stereocenters. The lowest BCUT2D eigenvalue weighted by molar-refractivity contribution is 0.0118. The van der Waals surface area contributed by atoms with Crippen LogP contribution >= 0.6 is 0 Å². The fourth-order valence-electron chi connectivity index (χ4n) is 11.3. The van der Waals surface area contributed by atoms with E-state index >= 15 is 0 Å². The monoisotopic (exact) mass is 1380 g/mol. The van der Waals surface area contributed by atoms with Gasteiger partial charge in [0, 0.05) is 95.1 Å². The van der Waals surface area contributed by atoms with E-state index in [0.717, 1.165) is 43.5 Å². The molecule has 2 aliphatic rings. The van der Waals surface area contributed by atoms with Gasteiger partial charge in [-0.15, -0.1) is 0 Å². The number of nitrogens with zero attached hydrogens (tertiary/aromatic N) is 8. The first-order chi connectivity index (χ1) is 44.8. The second kappa shape index (κ2) is 31.5. The summed E-state index contributed by atoms with van der Waals surface area (Å²) in [5.74, 6) is -3.16. The first-order valence-electron chi connectivity index (χ1n) is 32.2. The summed E-state index contributed by atoms with van der Waals surface area (Å²) in [5.41, 5.74) is -0.656. The molecular weight excluding hydrogens is 1290 g/mol. The van der Waals surface area contributed by atoms with E-state index in [4.69, 9.17) is 19.7 Å². The van der Waals surface area contributed by atoms with Gasteiger partial charge in [-0.3, -0.25) is 14.8 Å². The van der Waals surface area contributed by atoms with Crippen molar-refractivity contribution < 1.29 is 59.4 Å². The summed E-state index contributed by atoms with van der Waals surface area (Å²) < 4.78 is 90.9. The van der Waals surface area contributed by atoms with Crippen LogP contribution in [0.2, 0.25) is 0 Å². The molecule has 2 unspecified atom stereocenters. The van der Waals surface area contributed by atoms with Crippen LogP contribution in [0.5, 0.6) is 0 Å². The summed E-state index contributed by atoms with van der Waals surface area (Å²) in [6, 6.07) is 25.9. The number of sulfonamides is 2. The largest absolute Gasteiger partial charge is 0.478 e. The number of anilines is 2. The summed E-state index contributed by atoms with van der Waals surface area (Å²) in [6.45, 7) is 31.8. The van der Waals surface area contributed by atoms with Gasteiger partial charge in [0.15, 0.2) is 10.1 Å². The molecule has 0 bridgehead atoms. The summed E-state index contributed by atoms with van der Waals surface area (Å²) >= 11 is 0. The first kappa shape index (κ1) is 77.7. The zero-order valence-corrected chi connectivity index (χ0v) is 60.2. The highest BCUT2D eigenvalue weighted by atomic mass is 32.2. The lowest BCUT2D eigenvalue weighted by Crippen LogP contribution is -2.45. The van der Waals surface area contributed by atoms with Crippen molar-refractivity contribution >= 4 is 55.7 Å². The number of rotatable bonds is 19. The number of halogens is 2. The Morgan fingerprint density at radius 2 is 0.979 bits per heavy atom. The van der Waals surface area contributed by atoms with Crippen molar-refractivity contribution in [1.29, 1.82) is 0 Å². The van der Waals surface area contributed by atoms with E-state index < -0.39 is 76.6 Å². The number of nitrogens with one attached hydrogen (secondary N) is 3. The quantitative estimate of drug-likeness (QED) is 0.0470. The average molecular weight is 1380 g/mol. The number of carboxylic acid groups (broad SMARTS) is 1. The Morgan fingerprint density at radius 3 is 1.34 bits per heavy atom. The van der Waals surface area contributed by atoms with Crippen LogP contribution in [0.1, 0.15) is 193 Å². The second-order valence-electron chi connectivity index (χ2n) is 29.9. The molecule has 0 saturated carbocycles. The van der Waals surface area contributed by atoms with Gasteiger partial charge in [0.25, 0.3) is 26.0 Å². The normalized spacial score (nSPS) is 16.9. The molecule has 97 heavy (non-hydrogen) atoms. The number of aromatic nitrogens is 6. The predicted molar refractivity (Wildman–Crippen MR) is 367 cm³/mol. The van der Waals surface area contributed by atoms with E-state index in [1.807, 2.05) is 143 Å². The molecule has 0 spiro atoms. The summed E-state index contributed by atoms with van der Waals surface area (Å²) in [7, 11) is -8.35. The zero-order chi connectivity index (χ0) is 72.3. The summed E-state index contributed by atoms with van der Waals surface area (Å²) in [6.07, 6.45) is 8.88. The van der Waals surface area contributed by atoms with Crippen molar-refractivity contribution in [3.63, 3.8) is 0 Å². The SMILES string of the molecule is CC(C)(C)OC(=O)N1C[C@@H](CCC(Cc2ccccn2)Nc2cccc(S(=O)(=O)NC(=O)c3ccc(C(C)(C)C)nc3F)n2)CC1(C)C.CC(C)(C)OC(=O)N1C[C@@H](CCC(Cc2ccccn2)Nc2cccc(S(N)(=O)=O)n2)CC1(C)C.CC(C)(C)c1ccc(C(=O)O)c(F)n1. The Morgan fingerprint density at radius 1 is 0.577 bits per heavy atom. The molecule has 6 N–H and O–H groups in total. The number of carbonyl (C=O) groups is 4. The molecule has 0 radical (unpaired) electrons. The number of pyridine rings is 6. The van der Waals surface area contributed by atoms with E-state index in [1.54, 1.807) is 35.5 Å². The number of nitrogens with two attached hydrogens (primary N) is 1. The Kier molecular flexibility index (Phi) is 25.2. The molecule has 6 aromatic rings. The van der Waals surface area contributed by atoms with Gasteiger partial charge < -0.3 is 35.0 Å². The van der Waals surface area contributed by atoms with Crippen LogP contribution in [0.3, 0.4) is 0 Å². The van der Waals surface area contributed by atoms with Gasteiger partial charge in [-0.25, -0.2) is 52.6 Å². The van der Waals surface area contributed by atoms with Gasteiger partial charge in [0.1, 0.15) is 28.4 Å². The number of likely N-dealkylation sites (tertiary alicyclic amines) is 2. The highest BCUT2D eigenvalue weighted by Gasteiger charge is 2.44. The molecule has 528 valence electrons. The minimum Gasteiger partial charge on any atom is -0.478 e. The van der Waals surface area contributed by atoms with Crippen LogP contribution < -0.4 is 20.5 Å². The number of primary sulfonamides is 1. The number of hydrogen-bond donors (Lipinski definition) is 5. The Balaban J connectivity index is 0.000000263. The molecule has 2 fully saturated rings. The maximum atomic E-state index is 14.7. The van der Waals surface area contributed by atoms with E-state index in [9.17, 15) is 44.8 Å². The van der Waals surface area contributed by atoms with Gasteiger partial charge in [-0.1, -0.05) is 65.8 Å². The van der Waals surface area contributed by atoms with Gasteiger partial charge >= 0.3 is 18.2 Å². The standard InChI is InChI=1S/C35H47FN6O5S.C25H37N5O4S.C10H12FNO2/c1-33(2,3)27-18-17-26(30(36)39-27)31(43)41-48(45,46)29-14-11-13-28(40-29)38-25(20-24-12-9-10-19-37-24)16-15-23-21-35(7,8)42(22-23)32(44)47-34(4,5)6;1-24(2,3)34-23(31)30-17-18(16-25(30,4)5)12-13-20(15-19-9-6-7-14-27-19)28-21-10-8-11-22(29-21)35(26,32)33;1-10(2,3)7-5-4-6(9(13)14)8(11)12-7/h9-14,17-19,23,25H,15-16,20-22H2,1-8H3,(H,38,40)(H,41,43);6-11,14,18,20H,12-13,15-17H2,1-5H3,(H,28,29)(H2,26,32,33);4-5H,1-3H3,(H,13,14)/t23-,25?;18-,20?;/m00./s1. The van der Waals surface area contributed by atoms with Gasteiger partial charge in [-0.05, 0) is 192 Å². The Bertz CT molecular complexity index is 3940. The number of amides is 3. The third kappa shape index (κ3) is 23.7. The molecule has 0 aliphatic carbocycles. The van der Waals surface area contributed by atoms with Crippen molar-refractivity contribution in [1.82, 2.24) is 44.4 Å². The number of carbonyl (C=O) groups excluding carboxylic acids is 3. The molecule has 23 nitrogen and oxygen atoms in total. The second-order valence-corrected chi connectivity index (χ2v) is 33.0. The molecule has 2 aliphatic heterocycles. The topological polar surface area (TPSA) is 321 Å². The molecular formula is C70H96F2N12O11S2. The summed E-state index contributed by atoms with van der Waals surface area (Å²) in [5, 5.41) is 20.0. The minimum atomic E-state index is -4.45. The molecule has 0 aromatic carbocycles. The molecule has 27 heteroatoms. The fourth-order valence-corrected chi connectivity index (χ4v) is 12.7. The third-order valence-electron chi connectivity index (χ3n) is 16.0. The molecule has 2 saturated heterocycles. The smallest absolute Gasteiger partial charge is 0.410 e. The van der Waals surface area contributed by atoms with Crippen LogP contribution in [0.4, 0.5) is 30.0 Å². The van der Waals surface area contributed by atoms with Crippen molar-refractivity contribution in [2.75, 3.05) is 23.7 Å². The van der Waals surface area contributed by atoms with E-state index in [1.165, 1.54) is 42.5 Å². The lowest BCUT2D eigenvalue weighted by atomic mass is 9.91. The average Bonchev–Trinajstić information content (AvgIpc) is 1.70. The predicted octanol–water partition coefficient (Wildman–Crippen LogP) is 12.4. The number of aromatic carboxylic acids is 1. The zero-order valence-electron chi connectivity index (χ0n) is 58.5. The lowest BCUT2D eigenvalue weighted by Gasteiger charge is -2.33. The number of hydrogen-bond acceptors (Lipinski definition) is 18. The number of ether oxygens (including phenoxy) is 2. The Labute approximate surface area is 570 Å². The van der Waals surface area contributed by atoms with E-state index in [0.29, 0.717) is 55.5 Å². The highest BCUT2D eigenvalue weighted by Crippen LogP contribution is 2.39. The molecule has 8 heterocycles. The van der Waals surface area contributed by atoms with Crippen LogP contribution in [-0.4, -0.2) is 133 Å².